The minimum absolute atomic E-state index is 0.156. The van der Waals surface area contributed by atoms with Crippen molar-refractivity contribution >= 4 is 17.6 Å². The maximum Gasteiger partial charge on any atom is 0.305 e. The van der Waals surface area contributed by atoms with Gasteiger partial charge in [-0.05, 0) is 30.0 Å². The van der Waals surface area contributed by atoms with E-state index in [-0.39, 0.29) is 5.97 Å². The molecule has 0 bridgehead atoms. The minimum Gasteiger partial charge on any atom is -0.469 e. The van der Waals surface area contributed by atoms with Crippen molar-refractivity contribution in [3.05, 3.63) is 34.9 Å². The van der Waals surface area contributed by atoms with Gasteiger partial charge in [-0.25, -0.2) is 0 Å². The van der Waals surface area contributed by atoms with Gasteiger partial charge >= 0.3 is 5.97 Å². The molecule has 1 aromatic rings. The van der Waals surface area contributed by atoms with Crippen molar-refractivity contribution in [1.82, 2.24) is 0 Å². The Hall–Kier alpha value is -1.02. The van der Waals surface area contributed by atoms with E-state index in [1.54, 1.807) is 0 Å². The van der Waals surface area contributed by atoms with Gasteiger partial charge in [0.2, 0.25) is 0 Å². The van der Waals surface area contributed by atoms with Crippen LogP contribution in [0.25, 0.3) is 0 Å². The SMILES string of the molecule is COC(=O)C[C@@H](C)Cc1ccc(Cl)cc1. The number of hydrogen-bond acceptors (Lipinski definition) is 2. The molecule has 0 amide bonds. The predicted octanol–water partition coefficient (Wildman–Crippen LogP) is 3.08. The summed E-state index contributed by atoms with van der Waals surface area (Å²) in [5, 5.41) is 0.736. The van der Waals surface area contributed by atoms with Crippen molar-refractivity contribution in [2.75, 3.05) is 7.11 Å². The van der Waals surface area contributed by atoms with Crippen molar-refractivity contribution in [2.24, 2.45) is 5.92 Å². The number of carbonyl (C=O) groups is 1. The molecule has 0 aliphatic rings. The lowest BCUT2D eigenvalue weighted by Gasteiger charge is -2.09. The summed E-state index contributed by atoms with van der Waals surface area (Å²) in [6.45, 7) is 2.03. The third-order valence-electron chi connectivity index (χ3n) is 2.24. The van der Waals surface area contributed by atoms with Gasteiger partial charge in [0.1, 0.15) is 0 Å². The monoisotopic (exact) mass is 226 g/mol. The fourth-order valence-electron chi connectivity index (χ4n) is 1.46. The fraction of sp³-hybridized carbons (Fsp3) is 0.417. The van der Waals surface area contributed by atoms with E-state index >= 15 is 0 Å². The van der Waals surface area contributed by atoms with Gasteiger partial charge in [-0.15, -0.1) is 0 Å². The van der Waals surface area contributed by atoms with Crippen LogP contribution >= 0.6 is 11.6 Å². The van der Waals surface area contributed by atoms with Crippen molar-refractivity contribution in [2.45, 2.75) is 19.8 Å². The van der Waals surface area contributed by atoms with Gasteiger partial charge in [-0.1, -0.05) is 30.7 Å². The van der Waals surface area contributed by atoms with Crippen LogP contribution in [0.5, 0.6) is 0 Å². The summed E-state index contributed by atoms with van der Waals surface area (Å²) in [7, 11) is 1.41. The molecule has 0 unspecified atom stereocenters. The van der Waals surface area contributed by atoms with E-state index in [4.69, 9.17) is 11.6 Å². The van der Waals surface area contributed by atoms with Gasteiger partial charge < -0.3 is 4.74 Å². The molecule has 0 spiro atoms. The lowest BCUT2D eigenvalue weighted by Crippen LogP contribution is -2.09. The lowest BCUT2D eigenvalue weighted by molar-refractivity contribution is -0.141. The van der Waals surface area contributed by atoms with Gasteiger partial charge in [0, 0.05) is 11.4 Å². The van der Waals surface area contributed by atoms with Crippen molar-refractivity contribution in [3.63, 3.8) is 0 Å². The van der Waals surface area contributed by atoms with Crippen LogP contribution in [0.1, 0.15) is 18.9 Å². The van der Waals surface area contributed by atoms with Crippen LogP contribution in [0.4, 0.5) is 0 Å². The van der Waals surface area contributed by atoms with E-state index in [2.05, 4.69) is 4.74 Å². The van der Waals surface area contributed by atoms with Crippen LogP contribution in [0, 0.1) is 5.92 Å². The van der Waals surface area contributed by atoms with Gasteiger partial charge in [-0.3, -0.25) is 4.79 Å². The smallest absolute Gasteiger partial charge is 0.305 e. The Kier molecular flexibility index (Phi) is 4.63. The highest BCUT2D eigenvalue weighted by Crippen LogP contribution is 2.15. The van der Waals surface area contributed by atoms with Crippen LogP contribution in [-0.4, -0.2) is 13.1 Å². The summed E-state index contributed by atoms with van der Waals surface area (Å²) in [5.41, 5.74) is 1.19. The Labute approximate surface area is 95.2 Å². The molecule has 1 rings (SSSR count). The zero-order valence-corrected chi connectivity index (χ0v) is 9.75. The maximum absolute atomic E-state index is 11.0. The summed E-state index contributed by atoms with van der Waals surface area (Å²) in [6, 6.07) is 7.69. The number of benzene rings is 1. The van der Waals surface area contributed by atoms with Crippen LogP contribution in [0.3, 0.4) is 0 Å². The molecule has 0 saturated carbocycles. The first-order valence-corrected chi connectivity index (χ1v) is 5.31. The third-order valence-corrected chi connectivity index (χ3v) is 2.49. The van der Waals surface area contributed by atoms with E-state index in [1.165, 1.54) is 12.7 Å². The first-order valence-electron chi connectivity index (χ1n) is 4.93. The molecule has 0 aliphatic carbocycles. The maximum atomic E-state index is 11.0. The highest BCUT2D eigenvalue weighted by atomic mass is 35.5. The zero-order chi connectivity index (χ0) is 11.3. The third kappa shape index (κ3) is 4.34. The molecular formula is C12H15ClO2. The van der Waals surface area contributed by atoms with Crippen molar-refractivity contribution in [1.29, 1.82) is 0 Å². The molecule has 0 aromatic heterocycles. The van der Waals surface area contributed by atoms with E-state index in [1.807, 2.05) is 31.2 Å². The van der Waals surface area contributed by atoms with Crippen molar-refractivity contribution in [3.8, 4) is 0 Å². The average Bonchev–Trinajstić information content (AvgIpc) is 2.21. The first-order chi connectivity index (χ1) is 7.11. The second-order valence-electron chi connectivity index (χ2n) is 3.72. The Morgan fingerprint density at radius 2 is 2.00 bits per heavy atom. The normalized spacial score (nSPS) is 12.2. The molecule has 1 atom stereocenters. The standard InChI is InChI=1S/C12H15ClO2/c1-9(8-12(14)15-2)7-10-3-5-11(13)6-4-10/h3-6,9H,7-8H2,1-2H3/t9-/m0/s1. The molecule has 0 aliphatic heterocycles. The van der Waals surface area contributed by atoms with E-state index in [9.17, 15) is 4.79 Å². The van der Waals surface area contributed by atoms with Gasteiger partial charge in [0.25, 0.3) is 0 Å². The highest BCUT2D eigenvalue weighted by molar-refractivity contribution is 6.30. The molecule has 3 heteroatoms. The number of carbonyl (C=O) groups excluding carboxylic acids is 1. The second-order valence-corrected chi connectivity index (χ2v) is 4.15. The molecule has 15 heavy (non-hydrogen) atoms. The topological polar surface area (TPSA) is 26.3 Å². The van der Waals surface area contributed by atoms with E-state index in [0.717, 1.165) is 11.4 Å². The molecule has 1 aromatic carbocycles. The number of halogens is 1. The zero-order valence-electron chi connectivity index (χ0n) is 9.00. The minimum atomic E-state index is -0.156. The Bertz CT molecular complexity index is 319. The van der Waals surface area contributed by atoms with Gasteiger partial charge in [0.15, 0.2) is 0 Å². The molecule has 0 saturated heterocycles. The van der Waals surface area contributed by atoms with E-state index < -0.39 is 0 Å². The number of methoxy groups -OCH3 is 1. The summed E-state index contributed by atoms with van der Waals surface area (Å²) >= 11 is 5.78. The van der Waals surface area contributed by atoms with Crippen LogP contribution in [-0.2, 0) is 16.0 Å². The summed E-state index contributed by atoms with van der Waals surface area (Å²) in [5.74, 6) is 0.134. The fourth-order valence-corrected chi connectivity index (χ4v) is 1.59. The quantitative estimate of drug-likeness (QED) is 0.738. The molecule has 2 nitrogen and oxygen atoms in total. The van der Waals surface area contributed by atoms with Gasteiger partial charge in [-0.2, -0.15) is 0 Å². The molecule has 0 heterocycles. The molecule has 0 radical (unpaired) electrons. The number of hydrogen-bond donors (Lipinski definition) is 0. The van der Waals surface area contributed by atoms with Gasteiger partial charge in [0.05, 0.1) is 7.11 Å². The molecule has 0 N–H and O–H groups in total. The predicted molar refractivity (Wildman–Crippen MR) is 61.0 cm³/mol. The molecule has 82 valence electrons. The second kappa shape index (κ2) is 5.76. The van der Waals surface area contributed by atoms with Crippen molar-refractivity contribution < 1.29 is 9.53 Å². The summed E-state index contributed by atoms with van der Waals surface area (Å²) in [4.78, 5) is 11.0. The van der Waals surface area contributed by atoms with Crippen LogP contribution in [0.15, 0.2) is 24.3 Å². The summed E-state index contributed by atoms with van der Waals surface area (Å²) < 4.78 is 4.62. The molecule has 0 fully saturated rings. The number of esters is 1. The highest BCUT2D eigenvalue weighted by Gasteiger charge is 2.09. The van der Waals surface area contributed by atoms with Crippen LogP contribution < -0.4 is 0 Å². The lowest BCUT2D eigenvalue weighted by atomic mass is 9.98. The van der Waals surface area contributed by atoms with E-state index in [0.29, 0.717) is 12.3 Å². The Balaban J connectivity index is 2.47. The summed E-state index contributed by atoms with van der Waals surface area (Å²) in [6.07, 6.45) is 1.32. The number of ether oxygens (including phenoxy) is 1. The average molecular weight is 227 g/mol. The number of rotatable bonds is 4. The first kappa shape index (κ1) is 12.1. The largest absolute Gasteiger partial charge is 0.469 e. The Morgan fingerprint density at radius 1 is 1.40 bits per heavy atom. The Morgan fingerprint density at radius 3 is 2.53 bits per heavy atom. The van der Waals surface area contributed by atoms with Crippen LogP contribution in [0.2, 0.25) is 5.02 Å². The molecular weight excluding hydrogens is 212 g/mol.